The first-order valence-electron chi connectivity index (χ1n) is 7.94. The van der Waals surface area contributed by atoms with Crippen molar-refractivity contribution in [1.29, 1.82) is 0 Å². The standard InChI is InChI=1S/C17H17BrClNO4S2/c18-14-6-2-4-8-17(14)26(23,24)20-10-9-16(25(21,22)12-11-20)13-5-1-3-7-15(13)19/h1-8,16H,9-12H2. The third-order valence-corrected chi connectivity index (χ3v) is 9.77. The van der Waals surface area contributed by atoms with Crippen LogP contribution in [0.5, 0.6) is 0 Å². The highest BCUT2D eigenvalue weighted by molar-refractivity contribution is 9.10. The molecule has 5 nitrogen and oxygen atoms in total. The molecule has 1 atom stereocenters. The summed E-state index contributed by atoms with van der Waals surface area (Å²) in [5.41, 5.74) is 0.523. The Kier molecular flexibility index (Phi) is 5.79. The second-order valence-corrected chi connectivity index (χ2v) is 11.5. The van der Waals surface area contributed by atoms with E-state index in [1.165, 1.54) is 10.4 Å². The maximum absolute atomic E-state index is 13.0. The van der Waals surface area contributed by atoms with Gasteiger partial charge in [-0.05, 0) is 46.1 Å². The summed E-state index contributed by atoms with van der Waals surface area (Å²) in [5.74, 6) is -0.243. The van der Waals surface area contributed by atoms with Gasteiger partial charge < -0.3 is 0 Å². The summed E-state index contributed by atoms with van der Waals surface area (Å²) in [6.45, 7) is 0.0335. The van der Waals surface area contributed by atoms with Crippen LogP contribution >= 0.6 is 27.5 Å². The molecule has 1 saturated heterocycles. The van der Waals surface area contributed by atoms with E-state index in [9.17, 15) is 16.8 Å². The van der Waals surface area contributed by atoms with Gasteiger partial charge in [0.15, 0.2) is 9.84 Å². The molecule has 140 valence electrons. The third-order valence-electron chi connectivity index (χ3n) is 4.41. The van der Waals surface area contributed by atoms with Crippen molar-refractivity contribution in [1.82, 2.24) is 4.31 Å². The van der Waals surface area contributed by atoms with Gasteiger partial charge in [0, 0.05) is 22.6 Å². The van der Waals surface area contributed by atoms with Crippen LogP contribution in [-0.2, 0) is 19.9 Å². The molecular formula is C17H17BrClNO4S2. The van der Waals surface area contributed by atoms with Crippen LogP contribution in [-0.4, -0.2) is 40.0 Å². The SMILES string of the molecule is O=S1(=O)CCN(S(=O)(=O)c2ccccc2Br)CCC1c1ccccc1Cl. The fourth-order valence-corrected chi connectivity index (χ4v) is 7.73. The van der Waals surface area contributed by atoms with E-state index in [1.807, 2.05) is 0 Å². The number of rotatable bonds is 3. The molecule has 1 fully saturated rings. The maximum atomic E-state index is 13.0. The number of halogens is 2. The molecule has 9 heteroatoms. The summed E-state index contributed by atoms with van der Waals surface area (Å²) in [6.07, 6.45) is 0.162. The largest absolute Gasteiger partial charge is 0.244 e. The number of sulfonamides is 1. The molecule has 0 N–H and O–H groups in total. The van der Waals surface area contributed by atoms with E-state index in [1.54, 1.807) is 42.5 Å². The Hall–Kier alpha value is -0.930. The fraction of sp³-hybridized carbons (Fsp3) is 0.294. The van der Waals surface area contributed by atoms with E-state index in [-0.39, 0.29) is 30.2 Å². The molecule has 1 aliphatic heterocycles. The van der Waals surface area contributed by atoms with Crippen LogP contribution in [0.2, 0.25) is 5.02 Å². The van der Waals surface area contributed by atoms with Crippen LogP contribution in [0.25, 0.3) is 0 Å². The first-order chi connectivity index (χ1) is 12.2. The molecular weight excluding hydrogens is 462 g/mol. The van der Waals surface area contributed by atoms with E-state index in [0.29, 0.717) is 15.1 Å². The highest BCUT2D eigenvalue weighted by Gasteiger charge is 2.36. The van der Waals surface area contributed by atoms with Gasteiger partial charge in [0.2, 0.25) is 10.0 Å². The van der Waals surface area contributed by atoms with E-state index in [4.69, 9.17) is 11.6 Å². The zero-order chi connectivity index (χ0) is 18.9. The zero-order valence-corrected chi connectivity index (χ0v) is 17.7. The van der Waals surface area contributed by atoms with Crippen LogP contribution in [0.3, 0.4) is 0 Å². The lowest BCUT2D eigenvalue weighted by molar-refractivity contribution is 0.428. The Balaban J connectivity index is 1.95. The van der Waals surface area contributed by atoms with Gasteiger partial charge in [-0.15, -0.1) is 0 Å². The van der Waals surface area contributed by atoms with E-state index >= 15 is 0 Å². The Morgan fingerprint density at radius 3 is 2.38 bits per heavy atom. The summed E-state index contributed by atoms with van der Waals surface area (Å²) < 4.78 is 53.1. The number of nitrogens with zero attached hydrogens (tertiary/aromatic N) is 1. The molecule has 1 heterocycles. The van der Waals surface area contributed by atoms with Crippen LogP contribution in [0, 0.1) is 0 Å². The van der Waals surface area contributed by atoms with Gasteiger partial charge in [-0.3, -0.25) is 0 Å². The zero-order valence-electron chi connectivity index (χ0n) is 13.7. The number of hydrogen-bond donors (Lipinski definition) is 0. The van der Waals surface area contributed by atoms with Gasteiger partial charge >= 0.3 is 0 Å². The molecule has 0 spiro atoms. The molecule has 0 aromatic heterocycles. The molecule has 1 unspecified atom stereocenters. The van der Waals surface area contributed by atoms with Crippen molar-refractivity contribution in [3.8, 4) is 0 Å². The second kappa shape index (κ2) is 7.59. The van der Waals surface area contributed by atoms with E-state index < -0.39 is 25.1 Å². The highest BCUT2D eigenvalue weighted by Crippen LogP contribution is 2.35. The molecule has 0 saturated carbocycles. The smallest absolute Gasteiger partial charge is 0.228 e. The lowest BCUT2D eigenvalue weighted by atomic mass is 10.1. The number of benzene rings is 2. The van der Waals surface area contributed by atoms with E-state index in [0.717, 1.165) is 0 Å². The average Bonchev–Trinajstić information content (AvgIpc) is 2.74. The Labute approximate surface area is 167 Å². The average molecular weight is 479 g/mol. The van der Waals surface area contributed by atoms with Gasteiger partial charge in [-0.1, -0.05) is 41.9 Å². The second-order valence-electron chi connectivity index (χ2n) is 6.00. The molecule has 26 heavy (non-hydrogen) atoms. The summed E-state index contributed by atoms with van der Waals surface area (Å²) in [6, 6.07) is 13.3. The van der Waals surface area contributed by atoms with Gasteiger partial charge in [0.05, 0.1) is 15.9 Å². The van der Waals surface area contributed by atoms with Crippen LogP contribution < -0.4 is 0 Å². The van der Waals surface area contributed by atoms with Crippen molar-refractivity contribution in [3.05, 3.63) is 63.6 Å². The summed E-state index contributed by atoms with van der Waals surface area (Å²) in [4.78, 5) is 0.133. The quantitative estimate of drug-likeness (QED) is 0.675. The lowest BCUT2D eigenvalue weighted by Gasteiger charge is -2.20. The molecule has 0 amide bonds. The summed E-state index contributed by atoms with van der Waals surface area (Å²) in [5, 5.41) is -0.432. The predicted molar refractivity (Wildman–Crippen MR) is 105 cm³/mol. The van der Waals surface area contributed by atoms with Crippen molar-refractivity contribution >= 4 is 47.4 Å². The summed E-state index contributed by atoms with van der Waals surface area (Å²) in [7, 11) is -7.32. The van der Waals surface area contributed by atoms with Crippen molar-refractivity contribution in [2.45, 2.75) is 16.6 Å². The molecule has 2 aromatic rings. The topological polar surface area (TPSA) is 71.5 Å². The maximum Gasteiger partial charge on any atom is 0.244 e. The minimum absolute atomic E-state index is 0.0764. The van der Waals surface area contributed by atoms with Crippen molar-refractivity contribution < 1.29 is 16.8 Å². The first kappa shape index (κ1) is 19.8. The first-order valence-corrected chi connectivity index (χ1v) is 12.3. The van der Waals surface area contributed by atoms with Crippen molar-refractivity contribution in [3.63, 3.8) is 0 Å². The number of sulfone groups is 1. The minimum atomic E-state index is -3.79. The summed E-state index contributed by atoms with van der Waals surface area (Å²) >= 11 is 9.44. The predicted octanol–water partition coefficient (Wildman–Crippen LogP) is 3.65. The van der Waals surface area contributed by atoms with Gasteiger partial charge in [0.25, 0.3) is 0 Å². The number of hydrogen-bond acceptors (Lipinski definition) is 4. The van der Waals surface area contributed by atoms with E-state index in [2.05, 4.69) is 15.9 Å². The molecule has 3 rings (SSSR count). The minimum Gasteiger partial charge on any atom is -0.228 e. The molecule has 0 aliphatic carbocycles. The highest BCUT2D eigenvalue weighted by atomic mass is 79.9. The van der Waals surface area contributed by atoms with Gasteiger partial charge in [0.1, 0.15) is 0 Å². The third kappa shape index (κ3) is 3.84. The van der Waals surface area contributed by atoms with Crippen LogP contribution in [0.4, 0.5) is 0 Å². The molecule has 0 bridgehead atoms. The fourth-order valence-electron chi connectivity index (χ4n) is 3.04. The molecule has 0 radical (unpaired) electrons. The normalized spacial score (nSPS) is 21.2. The van der Waals surface area contributed by atoms with Crippen molar-refractivity contribution in [2.75, 3.05) is 18.8 Å². The lowest BCUT2D eigenvalue weighted by Crippen LogP contribution is -2.33. The Bertz CT molecular complexity index is 1020. The van der Waals surface area contributed by atoms with Crippen molar-refractivity contribution in [2.24, 2.45) is 0 Å². The Morgan fingerprint density at radius 2 is 1.69 bits per heavy atom. The Morgan fingerprint density at radius 1 is 1.04 bits per heavy atom. The van der Waals surface area contributed by atoms with Gasteiger partial charge in [-0.2, -0.15) is 4.31 Å². The molecule has 1 aliphatic rings. The monoisotopic (exact) mass is 477 g/mol. The van der Waals surface area contributed by atoms with Crippen LogP contribution in [0.15, 0.2) is 57.9 Å². The molecule has 2 aromatic carbocycles. The van der Waals surface area contributed by atoms with Crippen LogP contribution in [0.1, 0.15) is 17.2 Å². The van der Waals surface area contributed by atoms with Gasteiger partial charge in [-0.25, -0.2) is 16.8 Å².